The van der Waals surface area contributed by atoms with Crippen LogP contribution in [0.15, 0.2) is 47.3 Å². The van der Waals surface area contributed by atoms with Crippen LogP contribution in [0.2, 0.25) is 10.0 Å². The van der Waals surface area contributed by atoms with E-state index in [9.17, 15) is 4.79 Å². The topological polar surface area (TPSA) is 52.2 Å². The lowest BCUT2D eigenvalue weighted by Crippen LogP contribution is -2.22. The number of hydrogen-bond donors (Lipinski definition) is 0. The number of hydrogen-bond acceptors (Lipinski definition) is 3. The second kappa shape index (κ2) is 5.77. The van der Waals surface area contributed by atoms with Crippen molar-refractivity contribution in [2.45, 2.75) is 5.88 Å². The zero-order valence-corrected chi connectivity index (χ0v) is 14.3. The van der Waals surface area contributed by atoms with E-state index < -0.39 is 0 Å². The van der Waals surface area contributed by atoms with Gasteiger partial charge in [0.2, 0.25) is 5.78 Å². The van der Waals surface area contributed by atoms with Crippen LogP contribution in [-0.2, 0) is 5.88 Å². The Balaban J connectivity index is 2.24. The Hall–Kier alpha value is -2.08. The van der Waals surface area contributed by atoms with E-state index in [1.807, 2.05) is 12.1 Å². The summed E-state index contributed by atoms with van der Waals surface area (Å²) in [5.74, 6) is 1.05. The third-order valence-corrected chi connectivity index (χ3v) is 4.54. The molecule has 0 spiro atoms. The predicted octanol–water partition coefficient (Wildman–Crippen LogP) is 4.08. The van der Waals surface area contributed by atoms with Crippen molar-refractivity contribution >= 4 is 51.5 Å². The molecule has 24 heavy (non-hydrogen) atoms. The first-order valence-corrected chi connectivity index (χ1v) is 8.30. The van der Waals surface area contributed by atoms with E-state index >= 15 is 0 Å². The van der Waals surface area contributed by atoms with Crippen molar-refractivity contribution in [3.63, 3.8) is 0 Å². The van der Waals surface area contributed by atoms with E-state index in [1.54, 1.807) is 34.7 Å². The quantitative estimate of drug-likeness (QED) is 0.493. The van der Waals surface area contributed by atoms with E-state index in [4.69, 9.17) is 34.8 Å². The van der Waals surface area contributed by atoms with Crippen molar-refractivity contribution < 1.29 is 0 Å². The average Bonchev–Trinajstić information content (AvgIpc) is 3.00. The number of alkyl halides is 1. The van der Waals surface area contributed by atoms with Crippen LogP contribution in [0, 0.1) is 0 Å². The van der Waals surface area contributed by atoms with Gasteiger partial charge in [-0.25, -0.2) is 4.57 Å². The lowest BCUT2D eigenvalue weighted by atomic mass is 10.2. The van der Waals surface area contributed by atoms with Crippen molar-refractivity contribution in [2.24, 2.45) is 0 Å². The maximum Gasteiger partial charge on any atom is 0.267 e. The molecule has 0 unspecified atom stereocenters. The van der Waals surface area contributed by atoms with Gasteiger partial charge < -0.3 is 0 Å². The fraction of sp³-hybridized carbons (Fsp3) is 0.0625. The molecular formula is C16H9Cl3N4O. The van der Waals surface area contributed by atoms with E-state index in [0.717, 1.165) is 0 Å². The summed E-state index contributed by atoms with van der Waals surface area (Å²) in [4.78, 5) is 13.0. The Morgan fingerprint density at radius 2 is 1.83 bits per heavy atom. The molecular weight excluding hydrogens is 371 g/mol. The van der Waals surface area contributed by atoms with Crippen LogP contribution in [0.1, 0.15) is 5.82 Å². The first kappa shape index (κ1) is 15.4. The van der Waals surface area contributed by atoms with Gasteiger partial charge in [-0.2, -0.15) is 0 Å². The molecule has 8 heteroatoms. The van der Waals surface area contributed by atoms with Crippen molar-refractivity contribution in [3.05, 3.63) is 68.7 Å². The lowest BCUT2D eigenvalue weighted by molar-refractivity contribution is 0.963. The maximum atomic E-state index is 13.0. The SMILES string of the molecule is O=c1c2ccccc2n2c(CCl)nnc2n1-c1ccc(Cl)cc1Cl. The average molecular weight is 380 g/mol. The number of nitrogens with zero attached hydrogens (tertiary/aromatic N) is 4. The van der Waals surface area contributed by atoms with Crippen LogP contribution in [-0.4, -0.2) is 19.2 Å². The van der Waals surface area contributed by atoms with Crippen LogP contribution in [0.25, 0.3) is 22.4 Å². The van der Waals surface area contributed by atoms with E-state index in [1.165, 1.54) is 4.57 Å². The molecule has 120 valence electrons. The normalized spacial score (nSPS) is 11.5. The summed E-state index contributed by atoms with van der Waals surface area (Å²) in [7, 11) is 0. The van der Waals surface area contributed by atoms with Crippen LogP contribution in [0.5, 0.6) is 0 Å². The summed E-state index contributed by atoms with van der Waals surface area (Å²) < 4.78 is 3.18. The highest BCUT2D eigenvalue weighted by Gasteiger charge is 2.18. The number of fused-ring (bicyclic) bond motifs is 3. The number of benzene rings is 2. The molecule has 0 N–H and O–H groups in total. The zero-order chi connectivity index (χ0) is 16.8. The summed E-state index contributed by atoms with van der Waals surface area (Å²) in [6.45, 7) is 0. The molecule has 0 atom stereocenters. The standard InChI is InChI=1S/C16H9Cl3N4O/c17-8-14-20-21-16-22(14)12-4-2-1-3-10(12)15(24)23(16)13-6-5-9(18)7-11(13)19/h1-7H,8H2. The summed E-state index contributed by atoms with van der Waals surface area (Å²) in [6.07, 6.45) is 0. The van der Waals surface area contributed by atoms with Crippen molar-refractivity contribution in [1.82, 2.24) is 19.2 Å². The van der Waals surface area contributed by atoms with Crippen LogP contribution >= 0.6 is 34.8 Å². The van der Waals surface area contributed by atoms with Crippen molar-refractivity contribution in [2.75, 3.05) is 0 Å². The highest BCUT2D eigenvalue weighted by molar-refractivity contribution is 6.35. The molecule has 0 aliphatic carbocycles. The molecule has 5 nitrogen and oxygen atoms in total. The number of para-hydroxylation sites is 1. The third-order valence-electron chi connectivity index (χ3n) is 3.76. The Morgan fingerprint density at radius 1 is 1.04 bits per heavy atom. The molecule has 4 aromatic rings. The highest BCUT2D eigenvalue weighted by atomic mass is 35.5. The van der Waals surface area contributed by atoms with Gasteiger partial charge in [-0.1, -0.05) is 35.3 Å². The molecule has 2 aromatic carbocycles. The zero-order valence-electron chi connectivity index (χ0n) is 12.1. The first-order valence-electron chi connectivity index (χ1n) is 7.01. The number of aromatic nitrogens is 4. The molecule has 2 aromatic heterocycles. The van der Waals surface area contributed by atoms with Gasteiger partial charge in [0, 0.05) is 5.02 Å². The van der Waals surface area contributed by atoms with Crippen LogP contribution in [0.3, 0.4) is 0 Å². The largest absolute Gasteiger partial charge is 0.268 e. The van der Waals surface area contributed by atoms with E-state index in [2.05, 4.69) is 10.2 Å². The smallest absolute Gasteiger partial charge is 0.267 e. The third kappa shape index (κ3) is 2.20. The minimum absolute atomic E-state index is 0.164. The molecule has 0 saturated heterocycles. The summed E-state index contributed by atoms with van der Waals surface area (Å²) in [5, 5.41) is 9.57. The van der Waals surface area contributed by atoms with Gasteiger partial charge in [-0.3, -0.25) is 9.20 Å². The van der Waals surface area contributed by atoms with Crippen molar-refractivity contribution in [3.8, 4) is 5.69 Å². The van der Waals surface area contributed by atoms with Gasteiger partial charge in [0.05, 0.1) is 27.5 Å². The Labute approximate surface area is 151 Å². The van der Waals surface area contributed by atoms with Gasteiger partial charge in [0.15, 0.2) is 5.82 Å². The molecule has 4 rings (SSSR count). The highest BCUT2D eigenvalue weighted by Crippen LogP contribution is 2.26. The molecule has 0 saturated carbocycles. The van der Waals surface area contributed by atoms with E-state index in [0.29, 0.717) is 38.2 Å². The molecule has 0 radical (unpaired) electrons. The molecule has 0 aliphatic heterocycles. The number of halogens is 3. The minimum atomic E-state index is -0.240. The van der Waals surface area contributed by atoms with Crippen LogP contribution in [0.4, 0.5) is 0 Å². The second-order valence-electron chi connectivity index (χ2n) is 5.14. The molecule has 0 amide bonds. The van der Waals surface area contributed by atoms with Gasteiger partial charge in [0.25, 0.3) is 5.56 Å². The Kier molecular flexibility index (Phi) is 3.72. The molecule has 2 heterocycles. The maximum absolute atomic E-state index is 13.0. The first-order chi connectivity index (χ1) is 11.6. The number of rotatable bonds is 2. The van der Waals surface area contributed by atoms with Gasteiger partial charge in [0.1, 0.15) is 0 Å². The fourth-order valence-corrected chi connectivity index (χ4v) is 3.39. The van der Waals surface area contributed by atoms with Gasteiger partial charge in [-0.15, -0.1) is 21.8 Å². The summed E-state index contributed by atoms with van der Waals surface area (Å²) in [5.41, 5.74) is 0.936. The molecule has 0 bridgehead atoms. The fourth-order valence-electron chi connectivity index (χ4n) is 2.73. The predicted molar refractivity (Wildman–Crippen MR) is 95.7 cm³/mol. The summed E-state index contributed by atoms with van der Waals surface area (Å²) >= 11 is 18.2. The second-order valence-corrected chi connectivity index (χ2v) is 6.25. The monoisotopic (exact) mass is 378 g/mol. The van der Waals surface area contributed by atoms with Crippen LogP contribution < -0.4 is 5.56 Å². The summed E-state index contributed by atoms with van der Waals surface area (Å²) in [6, 6.07) is 12.1. The molecule has 0 fully saturated rings. The van der Waals surface area contributed by atoms with Gasteiger partial charge >= 0.3 is 0 Å². The molecule has 0 aliphatic rings. The van der Waals surface area contributed by atoms with E-state index in [-0.39, 0.29) is 11.4 Å². The van der Waals surface area contributed by atoms with Gasteiger partial charge in [-0.05, 0) is 30.3 Å². The van der Waals surface area contributed by atoms with Crippen molar-refractivity contribution in [1.29, 1.82) is 0 Å². The minimum Gasteiger partial charge on any atom is -0.268 e. The Morgan fingerprint density at radius 3 is 2.58 bits per heavy atom. The Bertz CT molecular complexity index is 1150. The lowest BCUT2D eigenvalue weighted by Gasteiger charge is -2.12.